The molecule has 1 aromatic heterocycles. The number of anilines is 1. The highest BCUT2D eigenvalue weighted by molar-refractivity contribution is 5.42. The summed E-state index contributed by atoms with van der Waals surface area (Å²) in [4.78, 5) is 6.56. The lowest BCUT2D eigenvalue weighted by Crippen LogP contribution is -2.25. The Balaban J connectivity index is 2.29. The number of hydrogen-bond acceptors (Lipinski definition) is 4. The predicted octanol–water partition coefficient (Wildman–Crippen LogP) is 2.10. The van der Waals surface area contributed by atoms with E-state index in [2.05, 4.69) is 35.1 Å². The summed E-state index contributed by atoms with van der Waals surface area (Å²) in [6, 6.07) is 5.59. The van der Waals surface area contributed by atoms with Crippen LogP contribution in [-0.4, -0.2) is 36.1 Å². The van der Waals surface area contributed by atoms with E-state index in [1.807, 2.05) is 0 Å². The number of pyridine rings is 1. The van der Waals surface area contributed by atoms with E-state index < -0.39 is 0 Å². The normalized spacial score (nSPS) is 10.2. The molecule has 0 unspecified atom stereocenters. The molecule has 0 aliphatic carbocycles. The van der Waals surface area contributed by atoms with Gasteiger partial charge in [-0.25, -0.2) is 4.98 Å². The van der Waals surface area contributed by atoms with Gasteiger partial charge in [0, 0.05) is 12.7 Å². The third-order valence-electron chi connectivity index (χ3n) is 2.74. The van der Waals surface area contributed by atoms with Gasteiger partial charge in [0.2, 0.25) is 0 Å². The second-order valence-electron chi connectivity index (χ2n) is 3.85. The summed E-state index contributed by atoms with van der Waals surface area (Å²) in [5.74, 6) is 0.781. The minimum atomic E-state index is 0.645. The van der Waals surface area contributed by atoms with Crippen LogP contribution in [0.2, 0.25) is 0 Å². The largest absolute Gasteiger partial charge is 0.370 e. The molecule has 1 N–H and O–H groups in total. The third kappa shape index (κ3) is 4.83. The molecule has 0 atom stereocenters. The predicted molar refractivity (Wildman–Crippen MR) is 69.8 cm³/mol. The Morgan fingerprint density at radius 2 is 2.18 bits per heavy atom. The minimum Gasteiger partial charge on any atom is -0.370 e. The molecule has 0 saturated heterocycles. The molecule has 0 saturated carbocycles. The minimum absolute atomic E-state index is 0.645. The summed E-state index contributed by atoms with van der Waals surface area (Å²) in [5.41, 5.74) is 0.645. The van der Waals surface area contributed by atoms with E-state index in [-0.39, 0.29) is 0 Å². The van der Waals surface area contributed by atoms with Crippen molar-refractivity contribution in [2.24, 2.45) is 0 Å². The number of nitrogens with one attached hydrogen (secondary N) is 1. The van der Waals surface area contributed by atoms with Crippen LogP contribution in [0.1, 0.15) is 25.8 Å². The van der Waals surface area contributed by atoms with Crippen molar-refractivity contribution >= 4 is 5.82 Å². The van der Waals surface area contributed by atoms with Gasteiger partial charge in [-0.2, -0.15) is 5.26 Å². The molecular formula is C13H20N4. The van der Waals surface area contributed by atoms with Crippen molar-refractivity contribution in [3.63, 3.8) is 0 Å². The summed E-state index contributed by atoms with van der Waals surface area (Å²) in [6.45, 7) is 8.53. The molecule has 0 amide bonds. The summed E-state index contributed by atoms with van der Waals surface area (Å²) >= 11 is 0. The quantitative estimate of drug-likeness (QED) is 0.731. The third-order valence-corrected chi connectivity index (χ3v) is 2.74. The zero-order chi connectivity index (χ0) is 12.5. The summed E-state index contributed by atoms with van der Waals surface area (Å²) < 4.78 is 0. The lowest BCUT2D eigenvalue weighted by Gasteiger charge is -2.17. The number of aromatic nitrogens is 1. The maximum atomic E-state index is 8.76. The number of nitrogens with zero attached hydrogens (tertiary/aromatic N) is 3. The Kier molecular flexibility index (Phi) is 6.05. The van der Waals surface area contributed by atoms with Gasteiger partial charge in [0.25, 0.3) is 0 Å². The summed E-state index contributed by atoms with van der Waals surface area (Å²) in [6.07, 6.45) is 2.74. The van der Waals surface area contributed by atoms with Crippen molar-refractivity contribution in [2.75, 3.05) is 31.5 Å². The second-order valence-corrected chi connectivity index (χ2v) is 3.85. The maximum absolute atomic E-state index is 8.76. The van der Waals surface area contributed by atoms with Crippen LogP contribution in [0.25, 0.3) is 0 Å². The van der Waals surface area contributed by atoms with E-state index in [4.69, 9.17) is 5.26 Å². The molecule has 0 radical (unpaired) electrons. The average Bonchev–Trinajstić information content (AvgIpc) is 2.39. The average molecular weight is 232 g/mol. The zero-order valence-corrected chi connectivity index (χ0v) is 10.6. The molecule has 1 rings (SSSR count). The van der Waals surface area contributed by atoms with Crippen LogP contribution in [0.3, 0.4) is 0 Å². The van der Waals surface area contributed by atoms with E-state index in [0.29, 0.717) is 5.56 Å². The second kappa shape index (κ2) is 7.64. The van der Waals surface area contributed by atoms with Crippen LogP contribution >= 0.6 is 0 Å². The van der Waals surface area contributed by atoms with Gasteiger partial charge in [-0.15, -0.1) is 0 Å². The van der Waals surface area contributed by atoms with Gasteiger partial charge in [0.05, 0.1) is 11.6 Å². The molecule has 1 heterocycles. The Labute approximate surface area is 103 Å². The molecule has 4 heteroatoms. The first-order valence-electron chi connectivity index (χ1n) is 6.12. The molecule has 0 bridgehead atoms. The van der Waals surface area contributed by atoms with Gasteiger partial charge in [-0.05, 0) is 38.2 Å². The first-order valence-corrected chi connectivity index (χ1v) is 6.12. The van der Waals surface area contributed by atoms with Crippen molar-refractivity contribution in [1.29, 1.82) is 5.26 Å². The van der Waals surface area contributed by atoms with Crippen LogP contribution in [0, 0.1) is 11.3 Å². The van der Waals surface area contributed by atoms with Crippen LogP contribution in [0.5, 0.6) is 0 Å². The van der Waals surface area contributed by atoms with Crippen molar-refractivity contribution in [1.82, 2.24) is 9.88 Å². The topological polar surface area (TPSA) is 52.0 Å². The van der Waals surface area contributed by atoms with E-state index in [1.54, 1.807) is 18.3 Å². The van der Waals surface area contributed by atoms with Crippen LogP contribution in [0.4, 0.5) is 5.82 Å². The van der Waals surface area contributed by atoms with Gasteiger partial charge in [0.15, 0.2) is 0 Å². The van der Waals surface area contributed by atoms with Crippen molar-refractivity contribution in [3.8, 4) is 6.07 Å². The summed E-state index contributed by atoms with van der Waals surface area (Å²) in [5, 5.41) is 12.0. The molecular weight excluding hydrogens is 212 g/mol. The van der Waals surface area contributed by atoms with Gasteiger partial charge >= 0.3 is 0 Å². The molecule has 17 heavy (non-hydrogen) atoms. The van der Waals surface area contributed by atoms with Gasteiger partial charge in [-0.1, -0.05) is 13.8 Å². The number of nitriles is 1. The van der Waals surface area contributed by atoms with Crippen LogP contribution in [0.15, 0.2) is 18.3 Å². The molecule has 92 valence electrons. The van der Waals surface area contributed by atoms with Crippen molar-refractivity contribution < 1.29 is 0 Å². The molecule has 0 aromatic carbocycles. The van der Waals surface area contributed by atoms with Crippen LogP contribution in [-0.2, 0) is 0 Å². The van der Waals surface area contributed by atoms with E-state index in [1.165, 1.54) is 0 Å². The molecule has 0 spiro atoms. The molecule has 1 aromatic rings. The van der Waals surface area contributed by atoms with Crippen molar-refractivity contribution in [3.05, 3.63) is 23.9 Å². The SMILES string of the molecule is CCN(CC)CCCNc1cc(C#N)ccn1. The van der Waals surface area contributed by atoms with Gasteiger partial charge in [0.1, 0.15) is 5.82 Å². The van der Waals surface area contributed by atoms with Gasteiger partial charge in [-0.3, -0.25) is 0 Å². The molecule has 0 aliphatic heterocycles. The van der Waals surface area contributed by atoms with Crippen molar-refractivity contribution in [2.45, 2.75) is 20.3 Å². The molecule has 0 fully saturated rings. The summed E-state index contributed by atoms with van der Waals surface area (Å²) in [7, 11) is 0. The van der Waals surface area contributed by atoms with Gasteiger partial charge < -0.3 is 10.2 Å². The monoisotopic (exact) mass is 232 g/mol. The number of rotatable bonds is 7. The Bertz CT molecular complexity index is 366. The zero-order valence-electron chi connectivity index (χ0n) is 10.6. The lowest BCUT2D eigenvalue weighted by atomic mass is 10.3. The first-order chi connectivity index (χ1) is 8.30. The Morgan fingerprint density at radius 3 is 2.82 bits per heavy atom. The Hall–Kier alpha value is -1.60. The van der Waals surface area contributed by atoms with Crippen LogP contribution < -0.4 is 5.32 Å². The first kappa shape index (κ1) is 13.5. The fourth-order valence-corrected chi connectivity index (χ4v) is 1.66. The fourth-order valence-electron chi connectivity index (χ4n) is 1.66. The fraction of sp³-hybridized carbons (Fsp3) is 0.538. The molecule has 4 nitrogen and oxygen atoms in total. The van der Waals surface area contributed by atoms with E-state index in [0.717, 1.165) is 38.4 Å². The van der Waals surface area contributed by atoms with E-state index >= 15 is 0 Å². The standard InChI is InChI=1S/C13H20N4/c1-3-17(4-2)9-5-7-15-13-10-12(11-14)6-8-16-13/h6,8,10H,3-5,7,9H2,1-2H3,(H,15,16). The lowest BCUT2D eigenvalue weighted by molar-refractivity contribution is 0.303. The Morgan fingerprint density at radius 1 is 1.41 bits per heavy atom. The highest BCUT2D eigenvalue weighted by Gasteiger charge is 1.99. The smallest absolute Gasteiger partial charge is 0.127 e. The highest BCUT2D eigenvalue weighted by atomic mass is 15.1. The number of hydrogen-bond donors (Lipinski definition) is 1. The maximum Gasteiger partial charge on any atom is 0.127 e. The molecule has 0 aliphatic rings. The highest BCUT2D eigenvalue weighted by Crippen LogP contribution is 2.05. The van der Waals surface area contributed by atoms with E-state index in [9.17, 15) is 0 Å².